The number of amides is 1. The summed E-state index contributed by atoms with van der Waals surface area (Å²) < 4.78 is 0. The van der Waals surface area contributed by atoms with Gasteiger partial charge in [-0.1, -0.05) is 20.3 Å². The van der Waals surface area contributed by atoms with E-state index in [9.17, 15) is 4.79 Å². The van der Waals surface area contributed by atoms with Gasteiger partial charge < -0.3 is 5.32 Å². The highest BCUT2D eigenvalue weighted by Gasteiger charge is 2.34. The third-order valence-electron chi connectivity index (χ3n) is 4.26. The molecule has 0 saturated heterocycles. The van der Waals surface area contributed by atoms with Crippen LogP contribution in [0.2, 0.25) is 0 Å². The summed E-state index contributed by atoms with van der Waals surface area (Å²) >= 11 is 0. The van der Waals surface area contributed by atoms with Gasteiger partial charge in [-0.25, -0.2) is 0 Å². The van der Waals surface area contributed by atoms with Gasteiger partial charge in [-0.2, -0.15) is 5.26 Å². The molecule has 100 valence electrons. The number of nitrogens with one attached hydrogen (secondary N) is 1. The van der Waals surface area contributed by atoms with E-state index in [0.717, 1.165) is 6.54 Å². The van der Waals surface area contributed by atoms with Gasteiger partial charge in [0.2, 0.25) is 0 Å². The van der Waals surface area contributed by atoms with Crippen molar-refractivity contribution in [1.29, 1.82) is 5.26 Å². The first-order valence-corrected chi connectivity index (χ1v) is 6.81. The summed E-state index contributed by atoms with van der Waals surface area (Å²) in [6, 6.07) is 8.80. The zero-order valence-electron chi connectivity index (χ0n) is 11.6. The molecule has 1 atom stereocenters. The third kappa shape index (κ3) is 3.14. The average Bonchev–Trinajstić information content (AvgIpc) is 2.75. The summed E-state index contributed by atoms with van der Waals surface area (Å²) in [5.74, 6) is 0.516. The van der Waals surface area contributed by atoms with Gasteiger partial charge in [0, 0.05) is 12.1 Å². The molecule has 0 bridgehead atoms. The van der Waals surface area contributed by atoms with Crippen LogP contribution in [-0.2, 0) is 0 Å². The van der Waals surface area contributed by atoms with Gasteiger partial charge in [0.15, 0.2) is 0 Å². The van der Waals surface area contributed by atoms with E-state index in [4.69, 9.17) is 5.26 Å². The van der Waals surface area contributed by atoms with Crippen molar-refractivity contribution in [3.8, 4) is 6.07 Å². The van der Waals surface area contributed by atoms with Crippen LogP contribution in [0.25, 0.3) is 0 Å². The third-order valence-corrected chi connectivity index (χ3v) is 4.26. The van der Waals surface area contributed by atoms with Crippen molar-refractivity contribution in [1.82, 2.24) is 5.32 Å². The summed E-state index contributed by atoms with van der Waals surface area (Å²) in [4.78, 5) is 12.0. The Morgan fingerprint density at radius 3 is 2.63 bits per heavy atom. The molecular formula is C16H20N2O. The van der Waals surface area contributed by atoms with E-state index in [1.807, 2.05) is 6.07 Å². The molecule has 19 heavy (non-hydrogen) atoms. The largest absolute Gasteiger partial charge is 0.352 e. The lowest BCUT2D eigenvalue weighted by molar-refractivity contribution is 0.0937. The molecular weight excluding hydrogens is 236 g/mol. The predicted octanol–water partition coefficient (Wildman–Crippen LogP) is 3.11. The Hall–Kier alpha value is -1.82. The number of hydrogen-bond acceptors (Lipinski definition) is 2. The lowest BCUT2D eigenvalue weighted by Crippen LogP contribution is -2.33. The van der Waals surface area contributed by atoms with Crippen molar-refractivity contribution in [2.75, 3.05) is 6.54 Å². The Balaban J connectivity index is 1.92. The Bertz CT molecular complexity index is 496. The molecule has 1 amide bonds. The van der Waals surface area contributed by atoms with E-state index in [2.05, 4.69) is 19.2 Å². The van der Waals surface area contributed by atoms with Crippen molar-refractivity contribution in [3.63, 3.8) is 0 Å². The summed E-state index contributed by atoms with van der Waals surface area (Å²) in [7, 11) is 0. The number of carbonyl (C=O) groups is 1. The van der Waals surface area contributed by atoms with E-state index in [1.54, 1.807) is 24.3 Å². The van der Waals surface area contributed by atoms with Crippen LogP contribution < -0.4 is 5.32 Å². The van der Waals surface area contributed by atoms with Crippen LogP contribution in [0.5, 0.6) is 0 Å². The Morgan fingerprint density at radius 2 is 2.11 bits per heavy atom. The molecule has 0 aliphatic heterocycles. The van der Waals surface area contributed by atoms with Crippen LogP contribution in [0, 0.1) is 22.7 Å². The number of nitriles is 1. The molecule has 1 aromatic rings. The van der Waals surface area contributed by atoms with Crippen molar-refractivity contribution in [2.24, 2.45) is 11.3 Å². The predicted molar refractivity (Wildman–Crippen MR) is 74.6 cm³/mol. The molecule has 1 N–H and O–H groups in total. The zero-order valence-corrected chi connectivity index (χ0v) is 11.6. The Kier molecular flexibility index (Phi) is 3.90. The van der Waals surface area contributed by atoms with E-state index in [-0.39, 0.29) is 5.91 Å². The van der Waals surface area contributed by atoms with Crippen LogP contribution in [0.15, 0.2) is 24.3 Å². The maximum atomic E-state index is 12.0. The molecule has 0 radical (unpaired) electrons. The van der Waals surface area contributed by atoms with E-state index < -0.39 is 0 Å². The van der Waals surface area contributed by atoms with Crippen LogP contribution in [0.3, 0.4) is 0 Å². The molecule has 0 spiro atoms. The van der Waals surface area contributed by atoms with Gasteiger partial charge in [0.25, 0.3) is 5.91 Å². The fourth-order valence-corrected chi connectivity index (χ4v) is 2.79. The Morgan fingerprint density at radius 1 is 1.42 bits per heavy atom. The minimum Gasteiger partial charge on any atom is -0.352 e. The van der Waals surface area contributed by atoms with E-state index >= 15 is 0 Å². The first kappa shape index (κ1) is 13.6. The van der Waals surface area contributed by atoms with Crippen LogP contribution in [0.1, 0.15) is 49.0 Å². The quantitative estimate of drug-likeness (QED) is 0.903. The standard InChI is InChI=1S/C16H20N2O/c1-16(2)9-3-4-14(16)11-18-15(19)13-7-5-12(10-17)6-8-13/h5-8,14H,3-4,9,11H2,1-2H3,(H,18,19)/t14-/m1/s1. The molecule has 2 rings (SSSR count). The van der Waals surface area contributed by atoms with Crippen molar-refractivity contribution >= 4 is 5.91 Å². The summed E-state index contributed by atoms with van der Waals surface area (Å²) in [6.45, 7) is 5.29. The van der Waals surface area contributed by atoms with Gasteiger partial charge in [-0.15, -0.1) is 0 Å². The van der Waals surface area contributed by atoms with Crippen molar-refractivity contribution < 1.29 is 4.79 Å². The number of hydrogen-bond donors (Lipinski definition) is 1. The second-order valence-electron chi connectivity index (χ2n) is 5.98. The van der Waals surface area contributed by atoms with E-state index in [1.165, 1.54) is 19.3 Å². The molecule has 3 heteroatoms. The fourth-order valence-electron chi connectivity index (χ4n) is 2.79. The lowest BCUT2D eigenvalue weighted by atomic mass is 9.82. The van der Waals surface area contributed by atoms with Gasteiger partial charge >= 0.3 is 0 Å². The second kappa shape index (κ2) is 5.44. The molecule has 1 fully saturated rings. The molecule has 0 aromatic heterocycles. The summed E-state index contributed by atoms with van der Waals surface area (Å²) in [5, 5.41) is 11.7. The highest BCUT2D eigenvalue weighted by Crippen LogP contribution is 2.41. The highest BCUT2D eigenvalue weighted by atomic mass is 16.1. The van der Waals surface area contributed by atoms with Crippen molar-refractivity contribution in [3.05, 3.63) is 35.4 Å². The number of benzene rings is 1. The first-order valence-electron chi connectivity index (χ1n) is 6.81. The summed E-state index contributed by atoms with van der Waals surface area (Å²) in [5.41, 5.74) is 1.53. The second-order valence-corrected chi connectivity index (χ2v) is 5.98. The van der Waals surface area contributed by atoms with Gasteiger partial charge in [-0.3, -0.25) is 4.79 Å². The number of carbonyl (C=O) groups excluding carboxylic acids is 1. The molecule has 1 aliphatic rings. The minimum atomic E-state index is -0.0489. The maximum absolute atomic E-state index is 12.0. The zero-order chi connectivity index (χ0) is 13.9. The molecule has 1 aliphatic carbocycles. The first-order chi connectivity index (χ1) is 9.03. The number of nitrogens with zero attached hydrogens (tertiary/aromatic N) is 1. The average molecular weight is 256 g/mol. The van der Waals surface area contributed by atoms with E-state index in [0.29, 0.717) is 22.5 Å². The van der Waals surface area contributed by atoms with Crippen LogP contribution in [0.4, 0.5) is 0 Å². The van der Waals surface area contributed by atoms with Crippen LogP contribution in [-0.4, -0.2) is 12.5 Å². The minimum absolute atomic E-state index is 0.0489. The van der Waals surface area contributed by atoms with Gasteiger partial charge in [-0.05, 0) is 48.4 Å². The monoisotopic (exact) mass is 256 g/mol. The lowest BCUT2D eigenvalue weighted by Gasteiger charge is -2.27. The molecule has 1 saturated carbocycles. The van der Waals surface area contributed by atoms with Crippen molar-refractivity contribution in [2.45, 2.75) is 33.1 Å². The molecule has 0 heterocycles. The normalized spacial score (nSPS) is 20.8. The Labute approximate surface area is 114 Å². The van der Waals surface area contributed by atoms with Crippen LogP contribution >= 0.6 is 0 Å². The smallest absolute Gasteiger partial charge is 0.251 e. The molecule has 0 unspecified atom stereocenters. The molecule has 3 nitrogen and oxygen atoms in total. The fraction of sp³-hybridized carbons (Fsp3) is 0.500. The topological polar surface area (TPSA) is 52.9 Å². The summed E-state index contributed by atoms with van der Waals surface area (Å²) in [6.07, 6.45) is 3.69. The van der Waals surface area contributed by atoms with Gasteiger partial charge in [0.1, 0.15) is 0 Å². The van der Waals surface area contributed by atoms with Gasteiger partial charge in [0.05, 0.1) is 11.6 Å². The SMILES string of the molecule is CC1(C)CCC[C@@H]1CNC(=O)c1ccc(C#N)cc1. The maximum Gasteiger partial charge on any atom is 0.251 e. The number of rotatable bonds is 3. The molecule has 1 aromatic carbocycles. The highest BCUT2D eigenvalue weighted by molar-refractivity contribution is 5.94.